The van der Waals surface area contributed by atoms with Gasteiger partial charge in [-0.15, -0.1) is 11.3 Å². The molecule has 0 fully saturated rings. The summed E-state index contributed by atoms with van der Waals surface area (Å²) in [5.74, 6) is -2.10. The zero-order chi connectivity index (χ0) is 30.8. The van der Waals surface area contributed by atoms with Crippen LogP contribution in [0.5, 0.6) is 0 Å². The van der Waals surface area contributed by atoms with Crippen molar-refractivity contribution >= 4 is 46.9 Å². The third-order valence-electron chi connectivity index (χ3n) is 5.70. The Morgan fingerprint density at radius 3 is 2.29 bits per heavy atom. The van der Waals surface area contributed by atoms with Gasteiger partial charge < -0.3 is 36.9 Å². The molecule has 9 N–H and O–H groups in total. The van der Waals surface area contributed by atoms with Gasteiger partial charge in [-0.05, 0) is 51.0 Å². The van der Waals surface area contributed by atoms with Gasteiger partial charge in [-0.3, -0.25) is 25.2 Å². The van der Waals surface area contributed by atoms with E-state index in [-0.39, 0.29) is 37.5 Å². The molecule has 13 nitrogen and oxygen atoms in total. The summed E-state index contributed by atoms with van der Waals surface area (Å²) in [6.07, 6.45) is -1.42. The molecule has 0 aliphatic rings. The molecule has 1 aromatic heterocycles. The van der Waals surface area contributed by atoms with Crippen LogP contribution in [0.25, 0.3) is 0 Å². The predicted octanol–water partition coefficient (Wildman–Crippen LogP) is 1.51. The molecule has 0 radical (unpaired) electrons. The zero-order valence-electron chi connectivity index (χ0n) is 23.5. The maximum atomic E-state index is 13.7. The second kappa shape index (κ2) is 14.3. The van der Waals surface area contributed by atoms with Crippen LogP contribution in [0.3, 0.4) is 0 Å². The number of nitrogen functional groups attached to an aromatic ring is 2. The maximum absolute atomic E-state index is 13.7. The number of hydrogen-bond acceptors (Lipinski definition) is 9. The molecule has 0 aliphatic heterocycles. The molecule has 41 heavy (non-hydrogen) atoms. The summed E-state index contributed by atoms with van der Waals surface area (Å²) >= 11 is 1.26. The van der Waals surface area contributed by atoms with Gasteiger partial charge in [0.2, 0.25) is 11.8 Å². The lowest BCUT2D eigenvalue weighted by Crippen LogP contribution is -2.61. The first-order valence-electron chi connectivity index (χ1n) is 12.6. The Labute approximate surface area is 242 Å². The molecule has 0 unspecified atom stereocenters. The number of hydrogen-bond donors (Lipinski definition) is 7. The molecule has 14 heteroatoms. The van der Waals surface area contributed by atoms with Crippen LogP contribution in [0.4, 0.5) is 4.79 Å². The largest absolute Gasteiger partial charge is 0.469 e. The van der Waals surface area contributed by atoms with Gasteiger partial charge in [0.1, 0.15) is 22.8 Å². The zero-order valence-corrected chi connectivity index (χ0v) is 24.3. The average molecular weight is 588 g/mol. The van der Waals surface area contributed by atoms with Gasteiger partial charge in [0.05, 0.1) is 25.1 Å². The van der Waals surface area contributed by atoms with Gasteiger partial charge in [0, 0.05) is 23.3 Å². The van der Waals surface area contributed by atoms with E-state index in [9.17, 15) is 19.2 Å². The van der Waals surface area contributed by atoms with Crippen molar-refractivity contribution in [3.05, 3.63) is 57.3 Å². The Morgan fingerprint density at radius 2 is 1.71 bits per heavy atom. The highest BCUT2D eigenvalue weighted by atomic mass is 32.1. The third-order valence-corrected chi connectivity index (χ3v) is 6.82. The van der Waals surface area contributed by atoms with Gasteiger partial charge in [-0.1, -0.05) is 18.2 Å². The van der Waals surface area contributed by atoms with Crippen molar-refractivity contribution < 1.29 is 28.7 Å². The SMILES string of the molecule is COC(=O)CC[C@@](Cc1cccc(C(=N)N)c1)(NC(=O)OC(C)(C)C)C(=O)NCC(=O)NCc1ccc(C(=N)N)s1. The lowest BCUT2D eigenvalue weighted by molar-refractivity contribution is -0.141. The van der Waals surface area contributed by atoms with Crippen LogP contribution < -0.4 is 27.4 Å². The number of methoxy groups -OCH3 is 1. The van der Waals surface area contributed by atoms with Crippen LogP contribution in [0.15, 0.2) is 36.4 Å². The average Bonchev–Trinajstić information content (AvgIpc) is 3.37. The Bertz CT molecular complexity index is 1300. The van der Waals surface area contributed by atoms with Crippen molar-refractivity contribution in [3.8, 4) is 0 Å². The number of carbonyl (C=O) groups excluding carboxylic acids is 4. The summed E-state index contributed by atoms with van der Waals surface area (Å²) in [6, 6.07) is 9.97. The lowest BCUT2D eigenvalue weighted by atomic mass is 9.84. The third kappa shape index (κ3) is 10.6. The molecule has 2 rings (SSSR count). The fourth-order valence-corrected chi connectivity index (χ4v) is 4.56. The van der Waals surface area contributed by atoms with E-state index < -0.39 is 41.6 Å². The highest BCUT2D eigenvalue weighted by Gasteiger charge is 2.42. The second-order valence-electron chi connectivity index (χ2n) is 10.2. The van der Waals surface area contributed by atoms with Crippen LogP contribution >= 0.6 is 11.3 Å². The van der Waals surface area contributed by atoms with Gasteiger partial charge in [0.25, 0.3) is 0 Å². The van der Waals surface area contributed by atoms with Crippen LogP contribution in [0.1, 0.15) is 54.5 Å². The van der Waals surface area contributed by atoms with E-state index in [1.165, 1.54) is 18.4 Å². The van der Waals surface area contributed by atoms with Gasteiger partial charge in [0.15, 0.2) is 0 Å². The molecule has 2 aromatic rings. The molecule has 3 amide bonds. The highest BCUT2D eigenvalue weighted by Crippen LogP contribution is 2.23. The van der Waals surface area contributed by atoms with E-state index in [2.05, 4.69) is 16.0 Å². The number of nitrogens with two attached hydrogens (primary N) is 2. The van der Waals surface area contributed by atoms with E-state index in [0.29, 0.717) is 16.0 Å². The summed E-state index contributed by atoms with van der Waals surface area (Å²) in [5, 5.41) is 23.1. The Morgan fingerprint density at radius 1 is 1.00 bits per heavy atom. The standard InChI is InChI=1S/C27H37N7O6S/c1-26(2,3)40-25(38)34-27(11-10-21(36)39-4,13-16-6-5-7-17(12-16)22(28)29)24(37)33-15-20(35)32-14-18-8-9-19(41-18)23(30)31/h5-9,12H,10-11,13-15H2,1-4H3,(H3,28,29)(H3,30,31)(H,32,35)(H,33,37)(H,34,38)/t27-/m0/s1. The van der Waals surface area contributed by atoms with Crippen molar-refractivity contribution in [2.24, 2.45) is 11.5 Å². The van der Waals surface area contributed by atoms with Crippen LogP contribution in [0.2, 0.25) is 0 Å². The van der Waals surface area contributed by atoms with Crippen LogP contribution in [0, 0.1) is 10.8 Å². The summed E-state index contributed by atoms with van der Waals surface area (Å²) in [7, 11) is 1.21. The quantitative estimate of drug-likeness (QED) is 0.103. The van der Waals surface area contributed by atoms with Crippen molar-refractivity contribution in [1.82, 2.24) is 16.0 Å². The lowest BCUT2D eigenvalue weighted by Gasteiger charge is -2.34. The first kappa shape index (κ1) is 32.8. The first-order valence-corrected chi connectivity index (χ1v) is 13.4. The molecule has 0 saturated carbocycles. The monoisotopic (exact) mass is 587 g/mol. The molecule has 222 valence electrons. The van der Waals surface area contributed by atoms with Crippen molar-refractivity contribution in [2.75, 3.05) is 13.7 Å². The molecular weight excluding hydrogens is 550 g/mol. The number of carbonyl (C=O) groups is 4. The smallest absolute Gasteiger partial charge is 0.408 e. The van der Waals surface area contributed by atoms with Crippen LogP contribution in [-0.2, 0) is 36.8 Å². The van der Waals surface area contributed by atoms with Gasteiger partial charge >= 0.3 is 12.1 Å². The topological polar surface area (TPSA) is 223 Å². The van der Waals surface area contributed by atoms with Crippen LogP contribution in [-0.4, -0.2) is 60.3 Å². The van der Waals surface area contributed by atoms with E-state index in [1.54, 1.807) is 57.2 Å². The fraction of sp³-hybridized carbons (Fsp3) is 0.407. The van der Waals surface area contributed by atoms with E-state index in [4.69, 9.17) is 31.8 Å². The number of thiophene rings is 1. The number of nitrogens with one attached hydrogen (secondary N) is 5. The van der Waals surface area contributed by atoms with Gasteiger partial charge in [-0.2, -0.15) is 0 Å². The van der Waals surface area contributed by atoms with E-state index in [0.717, 1.165) is 4.88 Å². The number of amides is 3. The normalized spacial score (nSPS) is 12.4. The second-order valence-corrected chi connectivity index (χ2v) is 11.4. The predicted molar refractivity (Wildman–Crippen MR) is 155 cm³/mol. The minimum atomic E-state index is -1.74. The van der Waals surface area contributed by atoms with Crippen molar-refractivity contribution in [1.29, 1.82) is 10.8 Å². The molecule has 1 aromatic carbocycles. The molecular formula is C27H37N7O6S. The Hall–Kier alpha value is -4.46. The Kier molecular flexibility index (Phi) is 11.4. The van der Waals surface area contributed by atoms with Gasteiger partial charge in [-0.25, -0.2) is 4.79 Å². The number of benzene rings is 1. The molecule has 0 aliphatic carbocycles. The number of alkyl carbamates (subject to hydrolysis) is 1. The van der Waals surface area contributed by atoms with E-state index in [1.807, 2.05) is 0 Å². The maximum Gasteiger partial charge on any atom is 0.408 e. The number of esters is 1. The number of rotatable bonds is 13. The van der Waals surface area contributed by atoms with E-state index >= 15 is 0 Å². The van der Waals surface area contributed by atoms with Crippen molar-refractivity contribution in [2.45, 2.75) is 57.7 Å². The molecule has 1 heterocycles. The van der Waals surface area contributed by atoms with Crippen molar-refractivity contribution in [3.63, 3.8) is 0 Å². The minimum Gasteiger partial charge on any atom is -0.469 e. The summed E-state index contributed by atoms with van der Waals surface area (Å²) in [4.78, 5) is 52.7. The highest BCUT2D eigenvalue weighted by molar-refractivity contribution is 7.14. The fourth-order valence-electron chi connectivity index (χ4n) is 3.76. The molecule has 0 saturated heterocycles. The Balaban J connectivity index is 2.31. The number of amidine groups is 2. The first-order chi connectivity index (χ1) is 19.1. The summed E-state index contributed by atoms with van der Waals surface area (Å²) < 4.78 is 10.2. The number of ether oxygens (including phenoxy) is 2. The molecule has 0 spiro atoms. The molecule has 0 bridgehead atoms. The minimum absolute atomic E-state index is 0.0746. The summed E-state index contributed by atoms with van der Waals surface area (Å²) in [6.45, 7) is 4.73. The summed E-state index contributed by atoms with van der Waals surface area (Å²) in [5.41, 5.74) is 9.43. The molecule has 1 atom stereocenters.